The molecule has 150 valence electrons. The number of benzene rings is 1. The minimum atomic E-state index is -3.49. The highest BCUT2D eigenvalue weighted by Crippen LogP contribution is 2.28. The van der Waals surface area contributed by atoms with E-state index < -0.39 is 15.9 Å². The Bertz CT molecular complexity index is 1000. The summed E-state index contributed by atoms with van der Waals surface area (Å²) in [6, 6.07) is 10.6. The number of hydrogen-bond acceptors (Lipinski definition) is 5. The first-order valence-corrected chi connectivity index (χ1v) is 11.6. The van der Waals surface area contributed by atoms with Crippen LogP contribution in [-0.2, 0) is 26.2 Å². The van der Waals surface area contributed by atoms with Gasteiger partial charge in [-0.05, 0) is 36.8 Å². The number of hydrogen-bond donors (Lipinski definition) is 1. The number of carbonyl (C=O) groups excluding carboxylic acids is 2. The second-order valence-corrected chi connectivity index (χ2v) is 11.0. The third kappa shape index (κ3) is 4.29. The number of rotatable bonds is 6. The molecule has 1 N–H and O–H groups in total. The van der Waals surface area contributed by atoms with Crippen molar-refractivity contribution in [2.45, 2.75) is 17.2 Å². The highest BCUT2D eigenvalue weighted by atomic mass is 79.9. The summed E-state index contributed by atoms with van der Waals surface area (Å²) < 4.78 is 26.5. The van der Waals surface area contributed by atoms with Crippen molar-refractivity contribution in [1.29, 1.82) is 0 Å². The van der Waals surface area contributed by atoms with Gasteiger partial charge in [-0.1, -0.05) is 22.0 Å². The molecule has 0 bridgehead atoms. The van der Waals surface area contributed by atoms with E-state index in [-0.39, 0.29) is 22.6 Å². The van der Waals surface area contributed by atoms with Crippen LogP contribution >= 0.6 is 27.3 Å². The predicted molar refractivity (Wildman–Crippen MR) is 112 cm³/mol. The Kier molecular flexibility index (Phi) is 6.23. The Morgan fingerprint density at radius 3 is 2.75 bits per heavy atom. The van der Waals surface area contributed by atoms with Gasteiger partial charge in [0.15, 0.2) is 0 Å². The van der Waals surface area contributed by atoms with E-state index in [1.54, 1.807) is 11.0 Å². The van der Waals surface area contributed by atoms with Crippen molar-refractivity contribution >= 4 is 54.8 Å². The van der Waals surface area contributed by atoms with Crippen LogP contribution in [0.15, 0.2) is 45.1 Å². The molecule has 10 heteroatoms. The first-order valence-electron chi connectivity index (χ1n) is 8.56. The molecular formula is C18H20BrN3O4S2. The maximum absolute atomic E-state index is 12.6. The number of nitrogens with one attached hydrogen (secondary N) is 1. The zero-order valence-corrected chi connectivity index (χ0v) is 18.6. The largest absolute Gasteiger partial charge is 0.351 e. The van der Waals surface area contributed by atoms with Crippen LogP contribution in [0.2, 0.25) is 0 Å². The summed E-state index contributed by atoms with van der Waals surface area (Å²) in [7, 11) is -0.543. The monoisotopic (exact) mass is 485 g/mol. The molecule has 7 nitrogen and oxygen atoms in total. The zero-order valence-electron chi connectivity index (χ0n) is 15.4. The van der Waals surface area contributed by atoms with Crippen molar-refractivity contribution < 1.29 is 18.0 Å². The van der Waals surface area contributed by atoms with Gasteiger partial charge in [-0.3, -0.25) is 9.59 Å². The third-order valence-electron chi connectivity index (χ3n) is 4.45. The van der Waals surface area contributed by atoms with Gasteiger partial charge in [0.05, 0.1) is 6.54 Å². The van der Waals surface area contributed by atoms with Crippen molar-refractivity contribution in [3.8, 4) is 0 Å². The lowest BCUT2D eigenvalue weighted by Crippen LogP contribution is -2.36. The van der Waals surface area contributed by atoms with E-state index in [1.807, 2.05) is 24.3 Å². The molecule has 2 aromatic rings. The average Bonchev–Trinajstić information content (AvgIpc) is 3.26. The Morgan fingerprint density at radius 2 is 2.07 bits per heavy atom. The van der Waals surface area contributed by atoms with Crippen LogP contribution in [0.5, 0.6) is 0 Å². The minimum Gasteiger partial charge on any atom is -0.351 e. The second kappa shape index (κ2) is 8.32. The normalized spacial score (nSPS) is 17.4. The number of sulfonamides is 1. The summed E-state index contributed by atoms with van der Waals surface area (Å²) in [5.74, 6) is -1.30. The predicted octanol–water partition coefficient (Wildman–Crippen LogP) is 2.43. The molecule has 0 spiro atoms. The summed E-state index contributed by atoms with van der Waals surface area (Å²) >= 11 is 4.49. The lowest BCUT2D eigenvalue weighted by molar-refractivity contribution is -0.132. The topological polar surface area (TPSA) is 86.8 Å². The fraction of sp³-hybridized carbons (Fsp3) is 0.333. The molecular weight excluding hydrogens is 466 g/mol. The van der Waals surface area contributed by atoms with E-state index >= 15 is 0 Å². The summed E-state index contributed by atoms with van der Waals surface area (Å²) in [4.78, 5) is 27.5. The van der Waals surface area contributed by atoms with Crippen molar-refractivity contribution in [3.63, 3.8) is 0 Å². The molecule has 28 heavy (non-hydrogen) atoms. The van der Waals surface area contributed by atoms with E-state index in [0.717, 1.165) is 25.8 Å². The zero-order chi connectivity index (χ0) is 20.5. The lowest BCUT2D eigenvalue weighted by Gasteiger charge is -2.17. The Balaban J connectivity index is 1.62. The molecule has 1 aromatic carbocycles. The number of carbonyl (C=O) groups is 2. The fourth-order valence-electron chi connectivity index (χ4n) is 2.89. The molecule has 1 fully saturated rings. The summed E-state index contributed by atoms with van der Waals surface area (Å²) in [6.07, 6.45) is 0.446. The summed E-state index contributed by atoms with van der Waals surface area (Å²) in [5.41, 5.74) is 0.756. The SMILES string of the molecule is CN(C)S(=O)(=O)c1ccc(CNC(=O)C2CCN(c3cccc(Br)c3)C2=O)s1. The van der Waals surface area contributed by atoms with Crippen LogP contribution < -0.4 is 10.2 Å². The molecule has 1 unspecified atom stereocenters. The Hall–Kier alpha value is -1.75. The van der Waals surface area contributed by atoms with Gasteiger partial charge in [-0.25, -0.2) is 12.7 Å². The maximum Gasteiger partial charge on any atom is 0.252 e. The summed E-state index contributed by atoms with van der Waals surface area (Å²) in [5, 5.41) is 2.76. The smallest absolute Gasteiger partial charge is 0.252 e. The van der Waals surface area contributed by atoms with Crippen molar-refractivity contribution in [2.75, 3.05) is 25.5 Å². The van der Waals surface area contributed by atoms with Gasteiger partial charge in [0.1, 0.15) is 10.1 Å². The molecule has 0 saturated carbocycles. The first-order chi connectivity index (χ1) is 13.2. The van der Waals surface area contributed by atoms with Crippen molar-refractivity contribution in [2.24, 2.45) is 5.92 Å². The molecule has 1 atom stereocenters. The van der Waals surface area contributed by atoms with E-state index in [0.29, 0.717) is 17.8 Å². The molecule has 3 rings (SSSR count). The van der Waals surface area contributed by atoms with Crippen molar-refractivity contribution in [1.82, 2.24) is 9.62 Å². The number of halogens is 1. The molecule has 0 radical (unpaired) electrons. The van der Waals surface area contributed by atoms with E-state index in [1.165, 1.54) is 20.2 Å². The molecule has 2 amide bonds. The van der Waals surface area contributed by atoms with Gasteiger partial charge in [-0.15, -0.1) is 11.3 Å². The maximum atomic E-state index is 12.6. The van der Waals surface area contributed by atoms with Gasteiger partial charge < -0.3 is 10.2 Å². The van der Waals surface area contributed by atoms with Gasteiger partial charge in [0.25, 0.3) is 10.0 Å². The average molecular weight is 486 g/mol. The van der Waals surface area contributed by atoms with Crippen LogP contribution in [0.3, 0.4) is 0 Å². The van der Waals surface area contributed by atoms with Gasteiger partial charge in [0.2, 0.25) is 11.8 Å². The highest BCUT2D eigenvalue weighted by molar-refractivity contribution is 9.10. The van der Waals surface area contributed by atoms with E-state index in [9.17, 15) is 18.0 Å². The fourth-order valence-corrected chi connectivity index (χ4v) is 5.74. The van der Waals surface area contributed by atoms with E-state index in [2.05, 4.69) is 21.2 Å². The molecule has 1 aliphatic rings. The molecule has 0 aliphatic carbocycles. The minimum absolute atomic E-state index is 0.188. The number of anilines is 1. The van der Waals surface area contributed by atoms with Crippen LogP contribution in [0.4, 0.5) is 5.69 Å². The number of nitrogens with zero attached hydrogens (tertiary/aromatic N) is 2. The number of amides is 2. The van der Waals surface area contributed by atoms with Crippen LogP contribution in [0.25, 0.3) is 0 Å². The van der Waals surface area contributed by atoms with Crippen LogP contribution in [0, 0.1) is 5.92 Å². The van der Waals surface area contributed by atoms with Gasteiger partial charge >= 0.3 is 0 Å². The third-order valence-corrected chi connectivity index (χ3v) is 8.31. The van der Waals surface area contributed by atoms with Crippen LogP contribution in [-0.4, -0.2) is 45.2 Å². The van der Waals surface area contributed by atoms with Crippen LogP contribution in [0.1, 0.15) is 11.3 Å². The standard InChI is InChI=1S/C18H20BrN3O4S2/c1-21(2)28(25,26)16-7-6-14(27-16)11-20-17(23)15-8-9-22(18(15)24)13-5-3-4-12(19)10-13/h3-7,10,15H,8-9,11H2,1-2H3,(H,20,23). The molecule has 1 saturated heterocycles. The van der Waals surface area contributed by atoms with E-state index in [4.69, 9.17) is 0 Å². The van der Waals surface area contributed by atoms with Gasteiger partial charge in [0, 0.05) is 35.7 Å². The summed E-state index contributed by atoms with van der Waals surface area (Å²) in [6.45, 7) is 0.671. The highest BCUT2D eigenvalue weighted by Gasteiger charge is 2.37. The quantitative estimate of drug-likeness (QED) is 0.636. The Morgan fingerprint density at radius 1 is 1.32 bits per heavy atom. The first kappa shape index (κ1) is 21.0. The molecule has 2 heterocycles. The van der Waals surface area contributed by atoms with Gasteiger partial charge in [-0.2, -0.15) is 0 Å². The molecule has 1 aliphatic heterocycles. The Labute approximate surface area is 176 Å². The number of thiophene rings is 1. The molecule has 1 aromatic heterocycles. The van der Waals surface area contributed by atoms with Crippen molar-refractivity contribution in [3.05, 3.63) is 45.7 Å². The lowest BCUT2D eigenvalue weighted by atomic mass is 10.1. The second-order valence-electron chi connectivity index (χ2n) is 6.54.